The van der Waals surface area contributed by atoms with Crippen LogP contribution in [-0.4, -0.2) is 9.55 Å². The number of rotatable bonds is 4. The molecule has 0 amide bonds. The number of nitroso groups, excluding NO2 is 1. The third kappa shape index (κ3) is 2.20. The first kappa shape index (κ1) is 11.4. The number of hydrogen-bond acceptors (Lipinski definition) is 4. The van der Waals surface area contributed by atoms with E-state index in [4.69, 9.17) is 0 Å². The van der Waals surface area contributed by atoms with E-state index in [0.29, 0.717) is 12.2 Å². The fourth-order valence-corrected chi connectivity index (χ4v) is 1.36. The molecule has 0 aliphatic carbocycles. The maximum Gasteiger partial charge on any atom is 0.328 e. The quantitative estimate of drug-likeness (QED) is 0.755. The zero-order valence-electron chi connectivity index (χ0n) is 8.74. The predicted octanol–water partition coefficient (Wildman–Crippen LogP) is 1.04. The molecule has 1 aromatic heterocycles. The van der Waals surface area contributed by atoms with E-state index in [1.807, 2.05) is 6.92 Å². The van der Waals surface area contributed by atoms with Crippen molar-refractivity contribution in [3.05, 3.63) is 31.4 Å². The third-order valence-electron chi connectivity index (χ3n) is 2.25. The van der Waals surface area contributed by atoms with E-state index in [1.165, 1.54) is 4.57 Å². The normalized spacial score (nSPS) is 10.3. The molecule has 0 radical (unpaired) electrons. The van der Waals surface area contributed by atoms with Gasteiger partial charge in [-0.05, 0) is 18.5 Å². The average molecular weight is 211 g/mol. The number of nitrogens with zero attached hydrogens (tertiary/aromatic N) is 2. The second-order valence-electron chi connectivity index (χ2n) is 3.29. The fourth-order valence-electron chi connectivity index (χ4n) is 1.36. The molecule has 82 valence electrons. The number of aromatic amines is 1. The van der Waals surface area contributed by atoms with Gasteiger partial charge in [0.15, 0.2) is 5.69 Å². The van der Waals surface area contributed by atoms with E-state index in [9.17, 15) is 14.5 Å². The van der Waals surface area contributed by atoms with Crippen molar-refractivity contribution in [2.45, 2.75) is 33.2 Å². The zero-order chi connectivity index (χ0) is 11.4. The molecule has 0 saturated carbocycles. The Morgan fingerprint density at radius 2 is 2.07 bits per heavy atom. The minimum atomic E-state index is -0.722. The molecule has 0 spiro atoms. The van der Waals surface area contributed by atoms with Crippen LogP contribution in [0.25, 0.3) is 0 Å². The summed E-state index contributed by atoms with van der Waals surface area (Å²) in [6.07, 6.45) is 1.74. The molecule has 1 aromatic rings. The summed E-state index contributed by atoms with van der Waals surface area (Å²) in [5, 5.41) is 2.63. The van der Waals surface area contributed by atoms with E-state index in [2.05, 4.69) is 10.2 Å². The van der Waals surface area contributed by atoms with Gasteiger partial charge < -0.3 is 0 Å². The number of hydrogen-bond donors (Lipinski definition) is 1. The molecular weight excluding hydrogens is 198 g/mol. The molecular formula is C9H13N3O3. The van der Waals surface area contributed by atoms with Gasteiger partial charge in [0.1, 0.15) is 0 Å². The summed E-state index contributed by atoms with van der Waals surface area (Å²) in [6, 6.07) is 0. The first-order valence-corrected chi connectivity index (χ1v) is 4.78. The Morgan fingerprint density at radius 1 is 1.40 bits per heavy atom. The van der Waals surface area contributed by atoms with Crippen LogP contribution in [0.1, 0.15) is 25.5 Å². The summed E-state index contributed by atoms with van der Waals surface area (Å²) in [6.45, 7) is 4.02. The number of unbranched alkanes of at least 4 members (excludes halogenated alkanes) is 1. The van der Waals surface area contributed by atoms with Crippen LogP contribution < -0.4 is 11.2 Å². The van der Waals surface area contributed by atoms with Crippen LogP contribution in [0.2, 0.25) is 0 Å². The van der Waals surface area contributed by atoms with Crippen LogP contribution in [0, 0.1) is 11.8 Å². The summed E-state index contributed by atoms with van der Waals surface area (Å²) < 4.78 is 1.36. The highest BCUT2D eigenvalue weighted by atomic mass is 16.3. The van der Waals surface area contributed by atoms with E-state index in [-0.39, 0.29) is 5.69 Å². The molecule has 0 fully saturated rings. The lowest BCUT2D eigenvalue weighted by Gasteiger charge is -2.08. The summed E-state index contributed by atoms with van der Waals surface area (Å²) in [5.74, 6) is 0. The Balaban J connectivity index is 3.32. The van der Waals surface area contributed by atoms with Gasteiger partial charge in [-0.2, -0.15) is 0 Å². The van der Waals surface area contributed by atoms with Gasteiger partial charge in [0.25, 0.3) is 5.56 Å². The third-order valence-corrected chi connectivity index (χ3v) is 2.25. The molecule has 0 aliphatic heterocycles. The van der Waals surface area contributed by atoms with Crippen molar-refractivity contribution in [2.24, 2.45) is 5.18 Å². The van der Waals surface area contributed by atoms with Crippen LogP contribution in [0.5, 0.6) is 0 Å². The zero-order valence-corrected chi connectivity index (χ0v) is 8.74. The van der Waals surface area contributed by atoms with E-state index in [0.717, 1.165) is 12.8 Å². The van der Waals surface area contributed by atoms with Gasteiger partial charge in [-0.1, -0.05) is 13.3 Å². The van der Waals surface area contributed by atoms with Gasteiger partial charge in [0, 0.05) is 6.54 Å². The van der Waals surface area contributed by atoms with Crippen LogP contribution in [-0.2, 0) is 6.54 Å². The minimum Gasteiger partial charge on any atom is -0.296 e. The predicted molar refractivity (Wildman–Crippen MR) is 56.4 cm³/mol. The molecule has 1 rings (SSSR count). The van der Waals surface area contributed by atoms with E-state index in [1.54, 1.807) is 6.92 Å². The van der Waals surface area contributed by atoms with Gasteiger partial charge in [-0.3, -0.25) is 14.3 Å². The molecule has 0 aromatic carbocycles. The molecule has 0 aliphatic rings. The first-order valence-electron chi connectivity index (χ1n) is 4.78. The highest BCUT2D eigenvalue weighted by Crippen LogP contribution is 2.09. The Morgan fingerprint density at radius 3 is 2.60 bits per heavy atom. The number of aromatic nitrogens is 2. The maximum atomic E-state index is 11.4. The van der Waals surface area contributed by atoms with Crippen molar-refractivity contribution < 1.29 is 0 Å². The molecule has 6 nitrogen and oxygen atoms in total. The molecule has 0 atom stereocenters. The van der Waals surface area contributed by atoms with Crippen molar-refractivity contribution >= 4 is 5.69 Å². The van der Waals surface area contributed by atoms with Crippen molar-refractivity contribution in [3.63, 3.8) is 0 Å². The van der Waals surface area contributed by atoms with Gasteiger partial charge >= 0.3 is 5.69 Å². The molecule has 6 heteroatoms. The standard InChI is InChI=1S/C9H13N3O3/c1-3-4-5-12-6(2)7(11-15)8(13)10-9(12)14/h3-5H2,1-2H3,(H,10,13,14). The molecule has 15 heavy (non-hydrogen) atoms. The van der Waals surface area contributed by atoms with Crippen molar-refractivity contribution in [3.8, 4) is 0 Å². The topological polar surface area (TPSA) is 84.3 Å². The summed E-state index contributed by atoms with van der Waals surface area (Å²) in [5.41, 5.74) is -1.10. The Bertz CT molecular complexity index is 472. The van der Waals surface area contributed by atoms with Crippen LogP contribution in [0.15, 0.2) is 14.8 Å². The monoisotopic (exact) mass is 211 g/mol. The average Bonchev–Trinajstić information content (AvgIpc) is 2.17. The fraction of sp³-hybridized carbons (Fsp3) is 0.556. The van der Waals surface area contributed by atoms with Crippen LogP contribution >= 0.6 is 0 Å². The molecule has 0 bridgehead atoms. The Hall–Kier alpha value is -1.72. The molecule has 1 N–H and O–H groups in total. The summed E-state index contributed by atoms with van der Waals surface area (Å²) >= 11 is 0. The SMILES string of the molecule is CCCCn1c(C)c(N=O)c(=O)[nH]c1=O. The van der Waals surface area contributed by atoms with Crippen molar-refractivity contribution in [1.29, 1.82) is 0 Å². The molecule has 0 unspecified atom stereocenters. The second-order valence-corrected chi connectivity index (χ2v) is 3.29. The van der Waals surface area contributed by atoms with Crippen LogP contribution in [0.4, 0.5) is 5.69 Å². The smallest absolute Gasteiger partial charge is 0.296 e. The minimum absolute atomic E-state index is 0.217. The highest BCUT2D eigenvalue weighted by molar-refractivity contribution is 5.38. The highest BCUT2D eigenvalue weighted by Gasteiger charge is 2.10. The number of nitrogens with one attached hydrogen (secondary N) is 1. The first-order chi connectivity index (χ1) is 7.11. The van der Waals surface area contributed by atoms with Crippen LogP contribution in [0.3, 0.4) is 0 Å². The van der Waals surface area contributed by atoms with Crippen molar-refractivity contribution in [2.75, 3.05) is 0 Å². The Labute approximate surface area is 85.9 Å². The van der Waals surface area contributed by atoms with Gasteiger partial charge in [0.05, 0.1) is 5.69 Å². The van der Waals surface area contributed by atoms with Crippen molar-refractivity contribution in [1.82, 2.24) is 9.55 Å². The second kappa shape index (κ2) is 4.68. The maximum absolute atomic E-state index is 11.4. The van der Waals surface area contributed by atoms with Gasteiger partial charge in [-0.25, -0.2) is 4.79 Å². The van der Waals surface area contributed by atoms with Gasteiger partial charge in [0.2, 0.25) is 0 Å². The largest absolute Gasteiger partial charge is 0.328 e. The molecule has 0 saturated heterocycles. The van der Waals surface area contributed by atoms with Gasteiger partial charge in [-0.15, -0.1) is 4.91 Å². The lowest BCUT2D eigenvalue weighted by molar-refractivity contribution is 0.583. The number of H-pyrrole nitrogens is 1. The lowest BCUT2D eigenvalue weighted by Crippen LogP contribution is -2.31. The van der Waals surface area contributed by atoms with E-state index >= 15 is 0 Å². The Kier molecular flexibility index (Phi) is 3.54. The summed E-state index contributed by atoms with van der Waals surface area (Å²) in [7, 11) is 0. The van der Waals surface area contributed by atoms with E-state index < -0.39 is 11.2 Å². The summed E-state index contributed by atoms with van der Waals surface area (Å²) in [4.78, 5) is 35.0. The lowest BCUT2D eigenvalue weighted by atomic mass is 10.3. The molecule has 1 heterocycles.